The van der Waals surface area contributed by atoms with E-state index in [4.69, 9.17) is 10.2 Å². The van der Waals surface area contributed by atoms with E-state index in [1.54, 1.807) is 0 Å². The van der Waals surface area contributed by atoms with Crippen LogP contribution < -0.4 is 0 Å². The number of aliphatic hydroxyl groups is 2. The van der Waals surface area contributed by atoms with Crippen LogP contribution in [0.15, 0.2) is 4.47 Å². The van der Waals surface area contributed by atoms with Crippen molar-refractivity contribution in [3.05, 3.63) is 15.9 Å². The van der Waals surface area contributed by atoms with Gasteiger partial charge < -0.3 is 10.2 Å². The smallest absolute Gasteiger partial charge is 0.0767 e. The van der Waals surface area contributed by atoms with Crippen molar-refractivity contribution in [3.8, 4) is 0 Å². The first-order valence-electron chi connectivity index (χ1n) is 5.78. The zero-order valence-corrected chi connectivity index (χ0v) is 11.9. The summed E-state index contributed by atoms with van der Waals surface area (Å²) in [5, 5.41) is 22.4. The Labute approximate surface area is 110 Å². The van der Waals surface area contributed by atoms with Crippen LogP contribution in [-0.2, 0) is 20.0 Å². The van der Waals surface area contributed by atoms with Crippen LogP contribution in [0.25, 0.3) is 0 Å². The van der Waals surface area contributed by atoms with E-state index in [9.17, 15) is 0 Å². The molecule has 1 rings (SSSR count). The highest BCUT2D eigenvalue weighted by Gasteiger charge is 2.15. The van der Waals surface area contributed by atoms with Crippen molar-refractivity contribution in [3.63, 3.8) is 0 Å². The third-order valence-electron chi connectivity index (χ3n) is 2.71. The summed E-state index contributed by atoms with van der Waals surface area (Å²) in [5.74, 6) is 0. The van der Waals surface area contributed by atoms with Crippen molar-refractivity contribution >= 4 is 15.9 Å². The number of aromatic nitrogens is 2. The van der Waals surface area contributed by atoms with Gasteiger partial charge >= 0.3 is 0 Å². The van der Waals surface area contributed by atoms with Crippen molar-refractivity contribution < 1.29 is 10.2 Å². The predicted molar refractivity (Wildman–Crippen MR) is 69.7 cm³/mol. The second kappa shape index (κ2) is 7.10. The minimum Gasteiger partial charge on any atom is -0.395 e. The van der Waals surface area contributed by atoms with Crippen LogP contribution in [0.4, 0.5) is 0 Å². The Hall–Kier alpha value is -0.430. The maximum atomic E-state index is 8.97. The number of rotatable bonds is 7. The van der Waals surface area contributed by atoms with Crippen molar-refractivity contribution in [2.45, 2.75) is 19.9 Å². The lowest BCUT2D eigenvalue weighted by Gasteiger charge is -2.20. The monoisotopic (exact) mass is 305 g/mol. The SMILES string of the molecule is CCc1nn(C)c(CN(CCO)CCO)c1Br. The topological polar surface area (TPSA) is 61.5 Å². The molecule has 1 heterocycles. The first kappa shape index (κ1) is 14.6. The van der Waals surface area contributed by atoms with Gasteiger partial charge in [-0.2, -0.15) is 5.10 Å². The molecule has 0 saturated carbocycles. The van der Waals surface area contributed by atoms with E-state index in [0.29, 0.717) is 19.6 Å². The fourth-order valence-corrected chi connectivity index (χ4v) is 2.50. The minimum absolute atomic E-state index is 0.0934. The second-order valence-corrected chi connectivity index (χ2v) is 4.70. The van der Waals surface area contributed by atoms with Crippen molar-refractivity contribution in [2.24, 2.45) is 7.05 Å². The van der Waals surface area contributed by atoms with Gasteiger partial charge in [-0.25, -0.2) is 0 Å². The van der Waals surface area contributed by atoms with E-state index in [-0.39, 0.29) is 13.2 Å². The first-order chi connectivity index (χ1) is 8.13. The number of aryl methyl sites for hydroxylation is 2. The molecular weight excluding hydrogens is 286 g/mol. The molecule has 1 aromatic rings. The van der Waals surface area contributed by atoms with Crippen LogP contribution in [0.2, 0.25) is 0 Å². The Morgan fingerprint density at radius 3 is 2.29 bits per heavy atom. The molecule has 0 aliphatic rings. The second-order valence-electron chi connectivity index (χ2n) is 3.91. The molecule has 0 aliphatic carbocycles. The molecule has 0 saturated heterocycles. The van der Waals surface area contributed by atoms with E-state index >= 15 is 0 Å². The van der Waals surface area contributed by atoms with Gasteiger partial charge in [-0.3, -0.25) is 9.58 Å². The molecule has 0 fully saturated rings. The van der Waals surface area contributed by atoms with Gasteiger partial charge in [0.05, 0.1) is 29.1 Å². The summed E-state index contributed by atoms with van der Waals surface area (Å²) in [7, 11) is 1.91. The third-order valence-corrected chi connectivity index (χ3v) is 3.62. The molecule has 98 valence electrons. The summed E-state index contributed by atoms with van der Waals surface area (Å²) in [6.07, 6.45) is 0.883. The number of aliphatic hydroxyl groups excluding tert-OH is 2. The number of hydrogen-bond acceptors (Lipinski definition) is 4. The Morgan fingerprint density at radius 2 is 1.88 bits per heavy atom. The zero-order valence-electron chi connectivity index (χ0n) is 10.4. The molecule has 0 spiro atoms. The van der Waals surface area contributed by atoms with E-state index in [2.05, 4.69) is 28.0 Å². The van der Waals surface area contributed by atoms with Gasteiger partial charge in [0.1, 0.15) is 0 Å². The lowest BCUT2D eigenvalue weighted by molar-refractivity contribution is 0.153. The van der Waals surface area contributed by atoms with Crippen molar-refractivity contribution in [1.82, 2.24) is 14.7 Å². The molecule has 5 nitrogen and oxygen atoms in total. The molecule has 0 aromatic carbocycles. The average molecular weight is 306 g/mol. The Morgan fingerprint density at radius 1 is 1.29 bits per heavy atom. The summed E-state index contributed by atoms with van der Waals surface area (Å²) < 4.78 is 2.88. The van der Waals surface area contributed by atoms with Crippen LogP contribution in [0.5, 0.6) is 0 Å². The standard InChI is InChI=1S/C11H20BrN3O2/c1-3-9-11(12)10(14(2)13-9)8-15(4-6-16)5-7-17/h16-17H,3-8H2,1-2H3. The number of halogens is 1. The minimum atomic E-state index is 0.0934. The van der Waals surface area contributed by atoms with E-state index in [1.807, 2.05) is 16.6 Å². The van der Waals surface area contributed by atoms with Gasteiger partial charge in [0.15, 0.2) is 0 Å². The molecule has 0 unspecified atom stereocenters. The Kier molecular flexibility index (Phi) is 6.11. The maximum Gasteiger partial charge on any atom is 0.0767 e. The molecule has 2 N–H and O–H groups in total. The predicted octanol–water partition coefficient (Wildman–Crippen LogP) is 0.532. The molecule has 6 heteroatoms. The van der Waals surface area contributed by atoms with Gasteiger partial charge in [-0.1, -0.05) is 6.92 Å². The van der Waals surface area contributed by atoms with Crippen molar-refractivity contribution in [2.75, 3.05) is 26.3 Å². The van der Waals surface area contributed by atoms with Crippen LogP contribution in [-0.4, -0.2) is 51.2 Å². The summed E-state index contributed by atoms with van der Waals surface area (Å²) in [5.41, 5.74) is 2.11. The quantitative estimate of drug-likeness (QED) is 0.771. The maximum absolute atomic E-state index is 8.97. The van der Waals surface area contributed by atoms with Crippen LogP contribution in [0.3, 0.4) is 0 Å². The van der Waals surface area contributed by atoms with Crippen LogP contribution in [0, 0.1) is 0 Å². The Bertz CT molecular complexity index is 349. The van der Waals surface area contributed by atoms with Crippen LogP contribution in [0.1, 0.15) is 18.3 Å². The van der Waals surface area contributed by atoms with Gasteiger partial charge in [0.25, 0.3) is 0 Å². The molecule has 0 atom stereocenters. The lowest BCUT2D eigenvalue weighted by atomic mass is 10.3. The third kappa shape index (κ3) is 3.77. The highest BCUT2D eigenvalue weighted by Crippen LogP contribution is 2.22. The first-order valence-corrected chi connectivity index (χ1v) is 6.57. The van der Waals surface area contributed by atoms with Crippen LogP contribution >= 0.6 is 15.9 Å². The van der Waals surface area contributed by atoms with Gasteiger partial charge in [0, 0.05) is 26.7 Å². The largest absolute Gasteiger partial charge is 0.395 e. The van der Waals surface area contributed by atoms with E-state index in [1.165, 1.54) is 0 Å². The molecule has 0 aliphatic heterocycles. The highest BCUT2D eigenvalue weighted by molar-refractivity contribution is 9.10. The fraction of sp³-hybridized carbons (Fsp3) is 0.727. The fourth-order valence-electron chi connectivity index (χ4n) is 1.76. The highest BCUT2D eigenvalue weighted by atomic mass is 79.9. The van der Waals surface area contributed by atoms with E-state index in [0.717, 1.165) is 22.3 Å². The molecule has 17 heavy (non-hydrogen) atoms. The van der Waals surface area contributed by atoms with Crippen molar-refractivity contribution in [1.29, 1.82) is 0 Å². The molecule has 0 bridgehead atoms. The molecule has 0 radical (unpaired) electrons. The van der Waals surface area contributed by atoms with Gasteiger partial charge in [-0.05, 0) is 22.4 Å². The number of nitrogens with zero attached hydrogens (tertiary/aromatic N) is 3. The summed E-state index contributed by atoms with van der Waals surface area (Å²) in [6, 6.07) is 0. The molecule has 1 aromatic heterocycles. The summed E-state index contributed by atoms with van der Waals surface area (Å²) >= 11 is 3.56. The lowest BCUT2D eigenvalue weighted by Crippen LogP contribution is -2.30. The number of hydrogen-bond donors (Lipinski definition) is 2. The summed E-state index contributed by atoms with van der Waals surface area (Å²) in [4.78, 5) is 2.00. The Balaban J connectivity index is 2.80. The zero-order chi connectivity index (χ0) is 12.8. The van der Waals surface area contributed by atoms with E-state index < -0.39 is 0 Å². The van der Waals surface area contributed by atoms with Gasteiger partial charge in [0.2, 0.25) is 0 Å². The summed E-state index contributed by atoms with van der Waals surface area (Å²) in [6.45, 7) is 4.03. The molecular formula is C11H20BrN3O2. The average Bonchev–Trinajstić information content (AvgIpc) is 2.57. The normalized spacial score (nSPS) is 11.4. The van der Waals surface area contributed by atoms with Gasteiger partial charge in [-0.15, -0.1) is 0 Å². The molecule has 0 amide bonds.